The third kappa shape index (κ3) is 4.51. The molecule has 1 aliphatic heterocycles. The highest BCUT2D eigenvalue weighted by atomic mass is 79.9. The monoisotopic (exact) mass is 356 g/mol. The molecule has 1 fully saturated rings. The molecule has 0 saturated carbocycles. The number of carbonyl (C=O) groups excluding carboxylic acids is 1. The van der Waals surface area contributed by atoms with Crippen molar-refractivity contribution in [2.75, 3.05) is 26.2 Å². The van der Waals surface area contributed by atoms with Gasteiger partial charge in [0.1, 0.15) is 5.82 Å². The molecule has 3 nitrogen and oxygen atoms in total. The minimum absolute atomic E-state index is 0.00363. The van der Waals surface area contributed by atoms with Gasteiger partial charge in [0.25, 0.3) is 5.91 Å². The zero-order valence-electron chi connectivity index (χ0n) is 12.4. The number of halogens is 2. The standard InChI is InChI=1S/C16H22BrFN2O/c1-2-9-20(11-12-5-7-19-8-6-12)16(21)13-3-4-15(18)14(17)10-13/h3-4,10,12,19H,2,5-9,11H2,1H3. The van der Waals surface area contributed by atoms with Crippen molar-refractivity contribution in [1.82, 2.24) is 10.2 Å². The van der Waals surface area contributed by atoms with E-state index in [0.29, 0.717) is 16.0 Å². The van der Waals surface area contributed by atoms with Gasteiger partial charge in [-0.05, 0) is 72.4 Å². The topological polar surface area (TPSA) is 32.3 Å². The van der Waals surface area contributed by atoms with Crippen LogP contribution in [0.15, 0.2) is 22.7 Å². The molecule has 1 aromatic carbocycles. The van der Waals surface area contributed by atoms with Crippen molar-refractivity contribution in [3.63, 3.8) is 0 Å². The van der Waals surface area contributed by atoms with Gasteiger partial charge >= 0.3 is 0 Å². The van der Waals surface area contributed by atoms with E-state index in [4.69, 9.17) is 0 Å². The summed E-state index contributed by atoms with van der Waals surface area (Å²) < 4.78 is 13.6. The van der Waals surface area contributed by atoms with Gasteiger partial charge in [-0.3, -0.25) is 4.79 Å². The Balaban J connectivity index is 2.08. The maximum absolute atomic E-state index is 13.3. The first-order valence-electron chi connectivity index (χ1n) is 7.57. The van der Waals surface area contributed by atoms with Gasteiger partial charge in [0, 0.05) is 18.7 Å². The fourth-order valence-electron chi connectivity index (χ4n) is 2.73. The van der Waals surface area contributed by atoms with E-state index in [9.17, 15) is 9.18 Å². The Labute approximate surface area is 134 Å². The summed E-state index contributed by atoms with van der Waals surface area (Å²) in [6, 6.07) is 4.47. The van der Waals surface area contributed by atoms with Crippen molar-refractivity contribution in [3.05, 3.63) is 34.1 Å². The molecule has 116 valence electrons. The third-order valence-corrected chi connectivity index (χ3v) is 4.49. The minimum Gasteiger partial charge on any atom is -0.338 e. The van der Waals surface area contributed by atoms with Crippen molar-refractivity contribution in [2.24, 2.45) is 5.92 Å². The van der Waals surface area contributed by atoms with Gasteiger partial charge < -0.3 is 10.2 Å². The molecule has 0 atom stereocenters. The molecular weight excluding hydrogens is 335 g/mol. The van der Waals surface area contributed by atoms with Crippen LogP contribution in [0.2, 0.25) is 0 Å². The number of hydrogen-bond acceptors (Lipinski definition) is 2. The molecule has 1 saturated heterocycles. The lowest BCUT2D eigenvalue weighted by Gasteiger charge is -2.30. The van der Waals surface area contributed by atoms with Crippen LogP contribution in [0.5, 0.6) is 0 Å². The van der Waals surface area contributed by atoms with Gasteiger partial charge in [-0.1, -0.05) is 6.92 Å². The summed E-state index contributed by atoms with van der Waals surface area (Å²) in [7, 11) is 0. The molecule has 1 aromatic rings. The predicted molar refractivity (Wildman–Crippen MR) is 85.9 cm³/mol. The Kier molecular flexibility index (Phi) is 6.18. The highest BCUT2D eigenvalue weighted by molar-refractivity contribution is 9.10. The fourth-order valence-corrected chi connectivity index (χ4v) is 3.11. The molecular formula is C16H22BrFN2O. The van der Waals surface area contributed by atoms with E-state index in [1.54, 1.807) is 12.1 Å². The molecule has 0 bridgehead atoms. The maximum Gasteiger partial charge on any atom is 0.253 e. The molecule has 0 aliphatic carbocycles. The van der Waals surface area contributed by atoms with E-state index in [-0.39, 0.29) is 11.7 Å². The summed E-state index contributed by atoms with van der Waals surface area (Å²) in [6.07, 6.45) is 3.15. The molecule has 5 heteroatoms. The molecule has 2 rings (SSSR count). The molecule has 1 N–H and O–H groups in total. The van der Waals surface area contributed by atoms with E-state index in [1.165, 1.54) is 6.07 Å². The Morgan fingerprint density at radius 3 is 2.76 bits per heavy atom. The van der Waals surface area contributed by atoms with Crippen LogP contribution < -0.4 is 5.32 Å². The average molecular weight is 357 g/mol. The Morgan fingerprint density at radius 2 is 2.14 bits per heavy atom. The van der Waals surface area contributed by atoms with Gasteiger partial charge in [0.2, 0.25) is 0 Å². The summed E-state index contributed by atoms with van der Waals surface area (Å²) in [5, 5.41) is 3.34. The van der Waals surface area contributed by atoms with Gasteiger partial charge in [-0.2, -0.15) is 0 Å². The lowest BCUT2D eigenvalue weighted by Crippen LogP contribution is -2.39. The maximum atomic E-state index is 13.3. The quantitative estimate of drug-likeness (QED) is 0.876. The van der Waals surface area contributed by atoms with E-state index in [1.807, 2.05) is 4.90 Å². The van der Waals surface area contributed by atoms with E-state index in [0.717, 1.165) is 45.4 Å². The summed E-state index contributed by atoms with van der Waals surface area (Å²) >= 11 is 3.15. The first kappa shape index (κ1) is 16.4. The first-order chi connectivity index (χ1) is 10.1. The van der Waals surface area contributed by atoms with Crippen LogP contribution in [0.4, 0.5) is 4.39 Å². The number of nitrogens with one attached hydrogen (secondary N) is 1. The summed E-state index contributed by atoms with van der Waals surface area (Å²) in [5.41, 5.74) is 0.547. The Morgan fingerprint density at radius 1 is 1.43 bits per heavy atom. The normalized spacial score (nSPS) is 16.0. The van der Waals surface area contributed by atoms with Crippen LogP contribution in [0.25, 0.3) is 0 Å². The van der Waals surface area contributed by atoms with Crippen LogP contribution in [-0.2, 0) is 0 Å². The Bertz CT molecular complexity index is 489. The number of carbonyl (C=O) groups is 1. The molecule has 21 heavy (non-hydrogen) atoms. The lowest BCUT2D eigenvalue weighted by atomic mass is 9.97. The van der Waals surface area contributed by atoms with E-state index in [2.05, 4.69) is 28.2 Å². The second-order valence-corrected chi connectivity index (χ2v) is 6.43. The zero-order valence-corrected chi connectivity index (χ0v) is 14.0. The van der Waals surface area contributed by atoms with Crippen LogP contribution in [0.1, 0.15) is 36.5 Å². The summed E-state index contributed by atoms with van der Waals surface area (Å²) in [4.78, 5) is 14.6. The van der Waals surface area contributed by atoms with Crippen molar-refractivity contribution in [1.29, 1.82) is 0 Å². The van der Waals surface area contributed by atoms with Crippen molar-refractivity contribution in [3.8, 4) is 0 Å². The van der Waals surface area contributed by atoms with Crippen LogP contribution >= 0.6 is 15.9 Å². The largest absolute Gasteiger partial charge is 0.338 e. The van der Waals surface area contributed by atoms with E-state index >= 15 is 0 Å². The number of amides is 1. The smallest absolute Gasteiger partial charge is 0.253 e. The molecule has 0 spiro atoms. The van der Waals surface area contributed by atoms with Gasteiger partial charge in [0.05, 0.1) is 4.47 Å². The highest BCUT2D eigenvalue weighted by Gasteiger charge is 2.21. The number of benzene rings is 1. The molecule has 0 unspecified atom stereocenters. The number of hydrogen-bond donors (Lipinski definition) is 1. The average Bonchev–Trinajstić information content (AvgIpc) is 2.50. The van der Waals surface area contributed by atoms with Crippen molar-refractivity contribution < 1.29 is 9.18 Å². The lowest BCUT2D eigenvalue weighted by molar-refractivity contribution is 0.0716. The second-order valence-electron chi connectivity index (χ2n) is 5.57. The van der Waals surface area contributed by atoms with Gasteiger partial charge in [-0.15, -0.1) is 0 Å². The first-order valence-corrected chi connectivity index (χ1v) is 8.36. The van der Waals surface area contributed by atoms with Gasteiger partial charge in [0.15, 0.2) is 0 Å². The number of nitrogens with zero attached hydrogens (tertiary/aromatic N) is 1. The zero-order chi connectivity index (χ0) is 15.2. The van der Waals surface area contributed by atoms with Crippen LogP contribution in [-0.4, -0.2) is 37.0 Å². The number of rotatable bonds is 5. The van der Waals surface area contributed by atoms with E-state index < -0.39 is 0 Å². The predicted octanol–water partition coefficient (Wildman–Crippen LogP) is 3.44. The second kappa shape index (κ2) is 7.90. The third-order valence-electron chi connectivity index (χ3n) is 3.88. The van der Waals surface area contributed by atoms with Crippen LogP contribution in [0.3, 0.4) is 0 Å². The van der Waals surface area contributed by atoms with Crippen molar-refractivity contribution >= 4 is 21.8 Å². The van der Waals surface area contributed by atoms with Crippen LogP contribution in [0, 0.1) is 11.7 Å². The minimum atomic E-state index is -0.341. The molecule has 1 aliphatic rings. The summed E-state index contributed by atoms with van der Waals surface area (Å²) in [6.45, 7) is 5.67. The fraction of sp³-hybridized carbons (Fsp3) is 0.562. The Hall–Kier alpha value is -0.940. The summed E-state index contributed by atoms with van der Waals surface area (Å²) in [5.74, 6) is 0.216. The molecule has 1 heterocycles. The SMILES string of the molecule is CCCN(CC1CCNCC1)C(=O)c1ccc(F)c(Br)c1. The number of piperidine rings is 1. The molecule has 1 amide bonds. The van der Waals surface area contributed by atoms with Crippen molar-refractivity contribution in [2.45, 2.75) is 26.2 Å². The highest BCUT2D eigenvalue weighted by Crippen LogP contribution is 2.20. The molecule has 0 aromatic heterocycles. The van der Waals surface area contributed by atoms with Gasteiger partial charge in [-0.25, -0.2) is 4.39 Å². The molecule has 0 radical (unpaired) electrons.